The average molecular weight is 578 g/mol. The number of ether oxygens (including phenoxy) is 1. The molecule has 3 aromatic carbocycles. The number of hydrogen-bond donors (Lipinski definition) is 1. The molecule has 0 aliphatic rings. The molecule has 0 aliphatic carbocycles. The summed E-state index contributed by atoms with van der Waals surface area (Å²) in [6.45, 7) is 0.330. The van der Waals surface area contributed by atoms with Crippen LogP contribution in [0.2, 0.25) is 5.02 Å². The van der Waals surface area contributed by atoms with E-state index >= 15 is 0 Å². The molecule has 0 saturated heterocycles. The Balaban J connectivity index is 1.49. The number of rotatable bonds is 8. The van der Waals surface area contributed by atoms with Crippen LogP contribution >= 0.6 is 22.9 Å². The monoisotopic (exact) mass is 577 g/mol. The lowest BCUT2D eigenvalue weighted by Crippen LogP contribution is -2.23. The van der Waals surface area contributed by atoms with Gasteiger partial charge in [0.15, 0.2) is 15.5 Å². The number of carbonyl (C=O) groups is 1. The van der Waals surface area contributed by atoms with Crippen molar-refractivity contribution in [3.8, 4) is 32.4 Å². The second-order valence-corrected chi connectivity index (χ2v) is 12.3. The third kappa shape index (κ3) is 5.90. The maximum Gasteiger partial charge on any atom is 0.272 e. The number of amides is 1. The Hall–Kier alpha value is -3.92. The third-order valence-corrected chi connectivity index (χ3v) is 8.63. The predicted molar refractivity (Wildman–Crippen MR) is 155 cm³/mol. The van der Waals surface area contributed by atoms with Crippen molar-refractivity contribution >= 4 is 38.7 Å². The highest BCUT2D eigenvalue weighted by molar-refractivity contribution is 7.90. The van der Waals surface area contributed by atoms with Crippen LogP contribution in [0.15, 0.2) is 95.9 Å². The maximum absolute atomic E-state index is 13.1. The van der Waals surface area contributed by atoms with Crippen LogP contribution in [-0.2, 0) is 16.4 Å². The highest BCUT2D eigenvalue weighted by Crippen LogP contribution is 2.37. The van der Waals surface area contributed by atoms with Crippen LogP contribution in [0.25, 0.3) is 26.7 Å². The summed E-state index contributed by atoms with van der Waals surface area (Å²) in [5.41, 5.74) is 3.28. The van der Waals surface area contributed by atoms with Gasteiger partial charge in [0.1, 0.15) is 5.75 Å². The van der Waals surface area contributed by atoms with Crippen molar-refractivity contribution in [1.29, 1.82) is 0 Å². The number of carbonyl (C=O) groups excluding carboxylic acids is 1. The first kappa shape index (κ1) is 26.7. The zero-order valence-electron chi connectivity index (χ0n) is 21.1. The SMILES string of the molecule is COc1ccc(CNC(=O)c2cc(-c3ccc(-c4cccc(S(C)(=O)=O)c4)s3)n(-c3ccccc3Cl)n2)cc1. The van der Waals surface area contributed by atoms with Gasteiger partial charge in [-0.05, 0) is 65.7 Å². The van der Waals surface area contributed by atoms with E-state index in [0.717, 1.165) is 26.6 Å². The van der Waals surface area contributed by atoms with E-state index in [-0.39, 0.29) is 16.5 Å². The first-order chi connectivity index (χ1) is 18.7. The Bertz CT molecular complexity index is 1760. The number of benzene rings is 3. The van der Waals surface area contributed by atoms with Crippen molar-refractivity contribution in [3.63, 3.8) is 0 Å². The molecule has 2 aromatic heterocycles. The molecule has 0 atom stereocenters. The normalized spacial score (nSPS) is 11.4. The van der Waals surface area contributed by atoms with Gasteiger partial charge in [0.05, 0.1) is 33.3 Å². The van der Waals surface area contributed by atoms with E-state index in [2.05, 4.69) is 10.4 Å². The Kier molecular flexibility index (Phi) is 7.56. The molecule has 0 aliphatic heterocycles. The largest absolute Gasteiger partial charge is 0.497 e. The third-order valence-electron chi connectivity index (χ3n) is 6.04. The quantitative estimate of drug-likeness (QED) is 0.235. The molecule has 5 aromatic rings. The van der Waals surface area contributed by atoms with Gasteiger partial charge in [-0.3, -0.25) is 4.79 Å². The summed E-state index contributed by atoms with van der Waals surface area (Å²) in [5, 5.41) is 8.02. The van der Waals surface area contributed by atoms with Gasteiger partial charge < -0.3 is 10.1 Å². The first-order valence-electron chi connectivity index (χ1n) is 11.9. The predicted octanol–water partition coefficient (Wildman–Crippen LogP) is 6.26. The maximum atomic E-state index is 13.1. The molecule has 0 bridgehead atoms. The lowest BCUT2D eigenvalue weighted by Gasteiger charge is -2.08. The molecular weight excluding hydrogens is 554 g/mol. The molecular formula is C29H24ClN3O4S2. The fraction of sp³-hybridized carbons (Fsp3) is 0.103. The van der Waals surface area contributed by atoms with Crippen LogP contribution in [0.1, 0.15) is 16.1 Å². The van der Waals surface area contributed by atoms with Gasteiger partial charge in [0.25, 0.3) is 5.91 Å². The zero-order valence-corrected chi connectivity index (χ0v) is 23.5. The van der Waals surface area contributed by atoms with Gasteiger partial charge >= 0.3 is 0 Å². The minimum absolute atomic E-state index is 0.243. The van der Waals surface area contributed by atoms with Crippen molar-refractivity contribution < 1.29 is 17.9 Å². The smallest absolute Gasteiger partial charge is 0.272 e. The molecule has 0 radical (unpaired) electrons. The van der Waals surface area contributed by atoms with E-state index < -0.39 is 9.84 Å². The van der Waals surface area contributed by atoms with E-state index in [1.54, 1.807) is 42.1 Å². The summed E-state index contributed by atoms with van der Waals surface area (Å²) in [6.07, 6.45) is 1.19. The molecule has 198 valence electrons. The number of nitrogens with zero attached hydrogens (tertiary/aromatic N) is 2. The topological polar surface area (TPSA) is 90.3 Å². The number of thiophene rings is 1. The molecule has 0 unspecified atom stereocenters. The van der Waals surface area contributed by atoms with E-state index in [9.17, 15) is 13.2 Å². The number of hydrogen-bond acceptors (Lipinski definition) is 6. The minimum atomic E-state index is -3.34. The molecule has 0 spiro atoms. The Morgan fingerprint density at radius 1 is 0.974 bits per heavy atom. The van der Waals surface area contributed by atoms with Gasteiger partial charge in [-0.15, -0.1) is 11.3 Å². The standard InChI is InChI=1S/C29H24ClN3O4S2/c1-37-21-12-10-19(11-13-21)18-31-29(34)24-17-26(33(32-24)25-9-4-3-8-23(25)30)28-15-14-27(38-28)20-6-5-7-22(16-20)39(2,35)36/h3-17H,18H2,1-2H3,(H,31,34). The Morgan fingerprint density at radius 3 is 2.44 bits per heavy atom. The fourth-order valence-electron chi connectivity index (χ4n) is 4.00. The molecule has 2 heterocycles. The number of aromatic nitrogens is 2. The van der Waals surface area contributed by atoms with Crippen molar-refractivity contribution in [2.75, 3.05) is 13.4 Å². The van der Waals surface area contributed by atoms with Gasteiger partial charge in [-0.1, -0.05) is 48.0 Å². The fourth-order valence-corrected chi connectivity index (χ4v) is 5.89. The zero-order chi connectivity index (χ0) is 27.6. The number of halogens is 1. The highest BCUT2D eigenvalue weighted by atomic mass is 35.5. The number of sulfone groups is 1. The molecule has 39 heavy (non-hydrogen) atoms. The van der Waals surface area contributed by atoms with Gasteiger partial charge in [0, 0.05) is 17.7 Å². The van der Waals surface area contributed by atoms with Crippen molar-refractivity contribution in [1.82, 2.24) is 15.1 Å². The van der Waals surface area contributed by atoms with Gasteiger partial charge in [-0.2, -0.15) is 5.10 Å². The van der Waals surface area contributed by atoms with Crippen molar-refractivity contribution in [3.05, 3.63) is 107 Å². The lowest BCUT2D eigenvalue weighted by molar-refractivity contribution is 0.0945. The molecule has 10 heteroatoms. The van der Waals surface area contributed by atoms with E-state index in [4.69, 9.17) is 16.3 Å². The minimum Gasteiger partial charge on any atom is -0.497 e. The van der Waals surface area contributed by atoms with Gasteiger partial charge in [-0.25, -0.2) is 13.1 Å². The number of methoxy groups -OCH3 is 1. The second kappa shape index (κ2) is 11.1. The van der Waals surface area contributed by atoms with Crippen LogP contribution in [-0.4, -0.2) is 37.5 Å². The first-order valence-corrected chi connectivity index (χ1v) is 15.0. The van der Waals surface area contributed by atoms with Crippen molar-refractivity contribution in [2.45, 2.75) is 11.4 Å². The van der Waals surface area contributed by atoms with Gasteiger partial charge in [0.2, 0.25) is 0 Å². The molecule has 7 nitrogen and oxygen atoms in total. The van der Waals surface area contributed by atoms with Crippen LogP contribution in [0.3, 0.4) is 0 Å². The summed E-state index contributed by atoms with van der Waals surface area (Å²) >= 11 is 7.98. The van der Waals surface area contributed by atoms with Crippen LogP contribution in [0.4, 0.5) is 0 Å². The Morgan fingerprint density at radius 2 is 1.72 bits per heavy atom. The lowest BCUT2D eigenvalue weighted by atomic mass is 10.2. The van der Waals surface area contributed by atoms with E-state index in [1.807, 2.05) is 60.7 Å². The van der Waals surface area contributed by atoms with E-state index in [0.29, 0.717) is 22.9 Å². The molecule has 0 fully saturated rings. The molecule has 1 amide bonds. The number of nitrogens with one attached hydrogen (secondary N) is 1. The summed E-state index contributed by atoms with van der Waals surface area (Å²) in [5.74, 6) is 0.419. The summed E-state index contributed by atoms with van der Waals surface area (Å²) in [6, 6.07) is 27.2. The Labute approximate surface area is 235 Å². The molecule has 1 N–H and O–H groups in total. The van der Waals surface area contributed by atoms with Crippen LogP contribution < -0.4 is 10.1 Å². The molecule has 5 rings (SSSR count). The number of para-hydroxylation sites is 1. The summed E-state index contributed by atoms with van der Waals surface area (Å²) < 4.78 is 31.0. The average Bonchev–Trinajstić information content (AvgIpc) is 3.60. The van der Waals surface area contributed by atoms with Crippen LogP contribution in [0.5, 0.6) is 5.75 Å². The second-order valence-electron chi connectivity index (χ2n) is 8.77. The van der Waals surface area contributed by atoms with E-state index in [1.165, 1.54) is 17.6 Å². The van der Waals surface area contributed by atoms with Crippen molar-refractivity contribution in [2.24, 2.45) is 0 Å². The summed E-state index contributed by atoms with van der Waals surface area (Å²) in [7, 11) is -1.73. The summed E-state index contributed by atoms with van der Waals surface area (Å²) in [4.78, 5) is 15.1. The molecule has 0 saturated carbocycles. The van der Waals surface area contributed by atoms with Crippen LogP contribution in [0, 0.1) is 0 Å². The highest BCUT2D eigenvalue weighted by Gasteiger charge is 2.20.